The van der Waals surface area contributed by atoms with E-state index in [0.29, 0.717) is 29.1 Å². The van der Waals surface area contributed by atoms with Crippen LogP contribution in [0.2, 0.25) is 5.15 Å². The summed E-state index contributed by atoms with van der Waals surface area (Å²) in [6.07, 6.45) is 1.54. The van der Waals surface area contributed by atoms with Gasteiger partial charge in [0.05, 0.1) is 25.0 Å². The van der Waals surface area contributed by atoms with Gasteiger partial charge in [-0.1, -0.05) is 41.9 Å². The van der Waals surface area contributed by atoms with Crippen LogP contribution in [0.5, 0.6) is 0 Å². The molecule has 1 aliphatic rings. The number of sulfonamides is 1. The van der Waals surface area contributed by atoms with Crippen molar-refractivity contribution in [2.75, 3.05) is 43.4 Å². The highest BCUT2D eigenvalue weighted by molar-refractivity contribution is 7.89. The first-order valence-electron chi connectivity index (χ1n) is 9.63. The van der Waals surface area contributed by atoms with Gasteiger partial charge in [-0.15, -0.1) is 0 Å². The summed E-state index contributed by atoms with van der Waals surface area (Å²) in [4.78, 5) is 21.0. The number of hydrogen-bond donors (Lipinski definition) is 1. The molecule has 31 heavy (non-hydrogen) atoms. The number of hydroxylamine groups is 2. The van der Waals surface area contributed by atoms with Gasteiger partial charge in [0.1, 0.15) is 17.3 Å². The third kappa shape index (κ3) is 6.58. The predicted molar refractivity (Wildman–Crippen MR) is 114 cm³/mol. The molecule has 1 aromatic heterocycles. The number of piperazine rings is 1. The van der Waals surface area contributed by atoms with Crippen LogP contribution < -0.4 is 4.90 Å². The number of benzene rings is 1. The molecule has 0 aliphatic carbocycles. The maximum atomic E-state index is 12.9. The van der Waals surface area contributed by atoms with E-state index >= 15 is 0 Å². The Morgan fingerprint density at radius 3 is 2.55 bits per heavy atom. The van der Waals surface area contributed by atoms with Crippen LogP contribution in [0.1, 0.15) is 5.56 Å². The van der Waals surface area contributed by atoms with E-state index in [1.54, 1.807) is 6.07 Å². The first kappa shape index (κ1) is 23.4. The van der Waals surface area contributed by atoms with Crippen molar-refractivity contribution in [3.8, 4) is 0 Å². The standard InChI is InChI=1S/C19H24ClN5O5S/c20-18-10-19(22-14-21-18)23-6-8-24(9-7-23)31(28,29)13-17(25(27)15-26)12-30-11-16-4-2-1-3-5-16/h1-5,10,14-15,17,27H,6-9,11-13H2. The van der Waals surface area contributed by atoms with Gasteiger partial charge in [0.2, 0.25) is 16.4 Å². The van der Waals surface area contributed by atoms with E-state index in [-0.39, 0.29) is 32.7 Å². The Labute approximate surface area is 186 Å². The zero-order chi connectivity index (χ0) is 22.3. The number of rotatable bonds is 10. The number of carbonyl (C=O) groups is 1. The maximum absolute atomic E-state index is 12.9. The van der Waals surface area contributed by atoms with Gasteiger partial charge in [0, 0.05) is 32.2 Å². The van der Waals surface area contributed by atoms with Crippen LogP contribution in [0.3, 0.4) is 0 Å². The minimum atomic E-state index is -3.74. The summed E-state index contributed by atoms with van der Waals surface area (Å²) in [5.41, 5.74) is 0.903. The van der Waals surface area contributed by atoms with Crippen molar-refractivity contribution in [1.29, 1.82) is 0 Å². The Bertz CT molecular complexity index is 957. The first-order valence-corrected chi connectivity index (χ1v) is 11.6. The lowest BCUT2D eigenvalue weighted by Crippen LogP contribution is -2.52. The third-order valence-corrected chi connectivity index (χ3v) is 7.05. The van der Waals surface area contributed by atoms with Crippen LogP contribution in [-0.2, 0) is 26.2 Å². The smallest absolute Gasteiger partial charge is 0.233 e. The molecule has 0 saturated carbocycles. The molecular formula is C19H24ClN5O5S. The summed E-state index contributed by atoms with van der Waals surface area (Å²) in [5, 5.41) is 10.5. The molecule has 0 radical (unpaired) electrons. The molecule has 1 N–H and O–H groups in total. The highest BCUT2D eigenvalue weighted by atomic mass is 35.5. The normalized spacial score (nSPS) is 16.1. The van der Waals surface area contributed by atoms with Crippen LogP contribution in [0.25, 0.3) is 0 Å². The van der Waals surface area contributed by atoms with Gasteiger partial charge in [0.15, 0.2) is 0 Å². The molecule has 0 spiro atoms. The highest BCUT2D eigenvalue weighted by Crippen LogP contribution is 2.18. The van der Waals surface area contributed by atoms with Crippen molar-refractivity contribution >= 4 is 33.9 Å². The van der Waals surface area contributed by atoms with Crippen LogP contribution in [0.15, 0.2) is 42.7 Å². The second-order valence-corrected chi connectivity index (χ2v) is 9.40. The zero-order valence-electron chi connectivity index (χ0n) is 16.7. The van der Waals surface area contributed by atoms with Gasteiger partial charge in [-0.25, -0.2) is 23.4 Å². The van der Waals surface area contributed by atoms with Gasteiger partial charge in [0.25, 0.3) is 0 Å². The van der Waals surface area contributed by atoms with E-state index in [4.69, 9.17) is 16.3 Å². The summed E-state index contributed by atoms with van der Waals surface area (Å²) < 4.78 is 32.7. The number of carbonyl (C=O) groups excluding carboxylic acids is 1. The molecule has 2 heterocycles. The maximum Gasteiger partial charge on any atom is 0.233 e. The molecule has 1 unspecified atom stereocenters. The highest BCUT2D eigenvalue weighted by Gasteiger charge is 2.32. The molecule has 1 aliphatic heterocycles. The Kier molecular flexibility index (Phi) is 8.15. The van der Waals surface area contributed by atoms with Gasteiger partial charge in [-0.3, -0.25) is 10.0 Å². The van der Waals surface area contributed by atoms with Gasteiger partial charge in [-0.2, -0.15) is 4.31 Å². The lowest BCUT2D eigenvalue weighted by atomic mass is 10.2. The molecule has 168 valence electrons. The number of hydrogen-bond acceptors (Lipinski definition) is 8. The molecule has 1 atom stereocenters. The van der Waals surface area contributed by atoms with Crippen LogP contribution in [0.4, 0.5) is 5.82 Å². The van der Waals surface area contributed by atoms with E-state index in [1.165, 1.54) is 10.6 Å². The number of halogens is 1. The lowest BCUT2D eigenvalue weighted by Gasteiger charge is -2.35. The minimum Gasteiger partial charge on any atom is -0.374 e. The van der Waals surface area contributed by atoms with Crippen molar-refractivity contribution in [2.24, 2.45) is 0 Å². The zero-order valence-corrected chi connectivity index (χ0v) is 18.3. The molecular weight excluding hydrogens is 446 g/mol. The predicted octanol–water partition coefficient (Wildman–Crippen LogP) is 1.01. The second-order valence-electron chi connectivity index (χ2n) is 7.00. The van der Waals surface area contributed by atoms with Gasteiger partial charge >= 0.3 is 0 Å². The Hall–Kier alpha value is -2.31. The molecule has 1 aromatic carbocycles. The SMILES string of the molecule is O=CN(O)C(COCc1ccccc1)CS(=O)(=O)N1CCN(c2cc(Cl)ncn2)CC1. The van der Waals surface area contributed by atoms with Crippen LogP contribution >= 0.6 is 11.6 Å². The van der Waals surface area contributed by atoms with Gasteiger partial charge < -0.3 is 9.64 Å². The summed E-state index contributed by atoms with van der Waals surface area (Å²) in [7, 11) is -3.74. The monoisotopic (exact) mass is 469 g/mol. The van der Waals surface area contributed by atoms with Crippen LogP contribution in [0, 0.1) is 0 Å². The number of amides is 1. The van der Waals surface area contributed by atoms with E-state index < -0.39 is 21.8 Å². The minimum absolute atomic E-state index is 0.122. The van der Waals surface area contributed by atoms with E-state index in [0.717, 1.165) is 5.56 Å². The molecule has 10 nitrogen and oxygen atoms in total. The topological polar surface area (TPSA) is 116 Å². The van der Waals surface area contributed by atoms with E-state index in [9.17, 15) is 18.4 Å². The summed E-state index contributed by atoms with van der Waals surface area (Å²) in [6, 6.07) is 9.93. The molecule has 1 amide bonds. The van der Waals surface area contributed by atoms with Crippen molar-refractivity contribution in [1.82, 2.24) is 19.3 Å². The average molecular weight is 470 g/mol. The fourth-order valence-electron chi connectivity index (χ4n) is 3.22. The lowest BCUT2D eigenvalue weighted by molar-refractivity contribution is -0.163. The first-order chi connectivity index (χ1) is 14.9. The van der Waals surface area contributed by atoms with Crippen molar-refractivity contribution < 1.29 is 23.2 Å². The Balaban J connectivity index is 1.56. The third-order valence-electron chi connectivity index (χ3n) is 4.88. The average Bonchev–Trinajstić information content (AvgIpc) is 2.78. The van der Waals surface area contributed by atoms with E-state index in [1.807, 2.05) is 35.2 Å². The molecule has 12 heteroatoms. The fourth-order valence-corrected chi connectivity index (χ4v) is 5.02. The number of ether oxygens (including phenoxy) is 1. The molecule has 0 bridgehead atoms. The summed E-state index contributed by atoms with van der Waals surface area (Å²) >= 11 is 5.89. The van der Waals surface area contributed by atoms with Crippen molar-refractivity contribution in [3.63, 3.8) is 0 Å². The fraction of sp³-hybridized carbons (Fsp3) is 0.421. The molecule has 1 saturated heterocycles. The van der Waals surface area contributed by atoms with Crippen molar-refractivity contribution in [2.45, 2.75) is 12.6 Å². The number of aromatic nitrogens is 2. The summed E-state index contributed by atoms with van der Waals surface area (Å²) in [6.45, 7) is 1.46. The molecule has 1 fully saturated rings. The Morgan fingerprint density at radius 1 is 1.19 bits per heavy atom. The Morgan fingerprint density at radius 2 is 1.90 bits per heavy atom. The second kappa shape index (κ2) is 10.8. The quantitative estimate of drug-likeness (QED) is 0.237. The largest absolute Gasteiger partial charge is 0.374 e. The van der Waals surface area contributed by atoms with Crippen LogP contribution in [-0.4, -0.2) is 84.0 Å². The molecule has 2 aromatic rings. The summed E-state index contributed by atoms with van der Waals surface area (Å²) in [5.74, 6) is 0.183. The number of nitrogens with zero attached hydrogens (tertiary/aromatic N) is 5. The van der Waals surface area contributed by atoms with E-state index in [2.05, 4.69) is 9.97 Å². The van der Waals surface area contributed by atoms with Crippen molar-refractivity contribution in [3.05, 3.63) is 53.4 Å². The molecule has 3 rings (SSSR count). The van der Waals surface area contributed by atoms with Gasteiger partial charge in [-0.05, 0) is 5.56 Å². The number of anilines is 1.